The molecule has 0 spiro atoms. The summed E-state index contributed by atoms with van der Waals surface area (Å²) < 4.78 is 26.3. The van der Waals surface area contributed by atoms with Gasteiger partial charge in [0.15, 0.2) is 0 Å². The van der Waals surface area contributed by atoms with Crippen molar-refractivity contribution < 1.29 is 27.6 Å². The largest absolute Gasteiger partial charge is 0.270 e. The Hall–Kier alpha value is -3.85. The Kier molecular flexibility index (Phi) is 4.70. The number of carbonyl (C=O) groups excluding carboxylic acids is 4. The van der Waals surface area contributed by atoms with E-state index in [4.69, 9.17) is 0 Å². The fraction of sp³-hybridized carbons (Fsp3) is 0.0909. The van der Waals surface area contributed by atoms with Crippen LogP contribution in [0.4, 0.5) is 0 Å². The van der Waals surface area contributed by atoms with Gasteiger partial charge in [-0.25, -0.2) is 8.42 Å². The number of sulfone groups is 1. The van der Waals surface area contributed by atoms with Crippen LogP contribution in [-0.2, 0) is 9.84 Å². The van der Waals surface area contributed by atoms with Gasteiger partial charge in [-0.3, -0.25) is 29.0 Å². The van der Waals surface area contributed by atoms with Crippen LogP contribution >= 0.6 is 0 Å². The summed E-state index contributed by atoms with van der Waals surface area (Å²) in [6.45, 7) is 7.03. The highest BCUT2D eigenvalue weighted by Crippen LogP contribution is 2.31. The predicted molar refractivity (Wildman–Crippen MR) is 109 cm³/mol. The zero-order valence-electron chi connectivity index (χ0n) is 16.2. The molecule has 0 radical (unpaired) electrons. The molecule has 0 saturated heterocycles. The molecule has 2 aromatic carbocycles. The smallest absolute Gasteiger partial charge is 0.261 e. The van der Waals surface area contributed by atoms with Gasteiger partial charge >= 0.3 is 0 Å². The summed E-state index contributed by atoms with van der Waals surface area (Å²) in [6, 6.07) is 7.36. The van der Waals surface area contributed by atoms with Crippen molar-refractivity contribution in [2.75, 3.05) is 13.1 Å². The second-order valence-corrected chi connectivity index (χ2v) is 8.89. The minimum absolute atomic E-state index is 0.0105. The fourth-order valence-corrected chi connectivity index (χ4v) is 4.91. The van der Waals surface area contributed by atoms with Crippen LogP contribution in [0, 0.1) is 0 Å². The second-order valence-electron chi connectivity index (χ2n) is 6.94. The first kappa shape index (κ1) is 20.4. The molecular formula is C22H16N2O6S. The van der Waals surface area contributed by atoms with Gasteiger partial charge in [-0.2, -0.15) is 0 Å². The third-order valence-corrected chi connectivity index (χ3v) is 6.88. The average Bonchev–Trinajstić information content (AvgIpc) is 3.14. The maximum absolute atomic E-state index is 13.2. The van der Waals surface area contributed by atoms with Gasteiger partial charge in [0, 0.05) is 13.1 Å². The number of carbonyl (C=O) groups is 4. The van der Waals surface area contributed by atoms with Gasteiger partial charge in [0.05, 0.1) is 32.0 Å². The first-order valence-corrected chi connectivity index (χ1v) is 10.7. The summed E-state index contributed by atoms with van der Waals surface area (Å²) in [5.41, 5.74) is 0.191. The zero-order chi connectivity index (χ0) is 22.5. The minimum Gasteiger partial charge on any atom is -0.270 e. The molecule has 8 nitrogen and oxygen atoms in total. The second kappa shape index (κ2) is 7.13. The monoisotopic (exact) mass is 436 g/mol. The Morgan fingerprint density at radius 3 is 1.35 bits per heavy atom. The number of amides is 4. The lowest BCUT2D eigenvalue weighted by Crippen LogP contribution is -2.29. The SMILES string of the molecule is C=CCN1C(=O)c2ccc(S(=O)(=O)c3ccc4c(c3)C(=O)N(CC=C)C4=O)cc2C1=O. The van der Waals surface area contributed by atoms with Crippen LogP contribution in [0.5, 0.6) is 0 Å². The normalized spacial score (nSPS) is 15.4. The van der Waals surface area contributed by atoms with Crippen molar-refractivity contribution in [3.8, 4) is 0 Å². The summed E-state index contributed by atoms with van der Waals surface area (Å²) in [6.07, 6.45) is 2.80. The van der Waals surface area contributed by atoms with E-state index in [-0.39, 0.29) is 45.1 Å². The molecule has 0 N–H and O–H groups in total. The van der Waals surface area contributed by atoms with Crippen molar-refractivity contribution in [2.45, 2.75) is 9.79 Å². The van der Waals surface area contributed by atoms with Crippen LogP contribution in [0.25, 0.3) is 0 Å². The Morgan fingerprint density at radius 1 is 0.645 bits per heavy atom. The fourth-order valence-electron chi connectivity index (χ4n) is 3.60. The van der Waals surface area contributed by atoms with Gasteiger partial charge in [-0.15, -0.1) is 13.2 Å². The molecule has 9 heteroatoms. The van der Waals surface area contributed by atoms with Crippen LogP contribution in [-0.4, -0.2) is 54.9 Å². The molecule has 2 heterocycles. The highest BCUT2D eigenvalue weighted by Gasteiger charge is 2.38. The molecule has 0 fully saturated rings. The third kappa shape index (κ3) is 2.93. The summed E-state index contributed by atoms with van der Waals surface area (Å²) >= 11 is 0. The van der Waals surface area contributed by atoms with E-state index in [0.29, 0.717) is 0 Å². The van der Waals surface area contributed by atoms with Gasteiger partial charge < -0.3 is 0 Å². The number of hydrogen-bond donors (Lipinski definition) is 0. The highest BCUT2D eigenvalue weighted by molar-refractivity contribution is 7.91. The van der Waals surface area contributed by atoms with Gasteiger partial charge in [0.1, 0.15) is 0 Å². The van der Waals surface area contributed by atoms with Crippen molar-refractivity contribution in [1.29, 1.82) is 0 Å². The van der Waals surface area contributed by atoms with Crippen LogP contribution < -0.4 is 0 Å². The average molecular weight is 436 g/mol. The molecule has 2 aromatic rings. The van der Waals surface area contributed by atoms with Crippen molar-refractivity contribution in [3.63, 3.8) is 0 Å². The lowest BCUT2D eigenvalue weighted by molar-refractivity contribution is 0.0656. The van der Waals surface area contributed by atoms with E-state index in [1.54, 1.807) is 0 Å². The first-order chi connectivity index (χ1) is 14.7. The van der Waals surface area contributed by atoms with Gasteiger partial charge in [0.2, 0.25) is 9.84 Å². The Labute approximate surface area is 178 Å². The summed E-state index contributed by atoms with van der Waals surface area (Å²) in [4.78, 5) is 51.2. The van der Waals surface area contributed by atoms with Gasteiger partial charge in [-0.1, -0.05) is 12.2 Å². The lowest BCUT2D eigenvalue weighted by Gasteiger charge is -2.09. The number of fused-ring (bicyclic) bond motifs is 2. The summed E-state index contributed by atoms with van der Waals surface area (Å²) in [7, 11) is -4.13. The van der Waals surface area contributed by atoms with E-state index in [9.17, 15) is 27.6 Å². The number of rotatable bonds is 6. The minimum atomic E-state index is -4.13. The number of nitrogens with zero attached hydrogens (tertiary/aromatic N) is 2. The van der Waals surface area contributed by atoms with Crippen LogP contribution in [0.3, 0.4) is 0 Å². The molecule has 0 bridgehead atoms. The Morgan fingerprint density at radius 2 is 1.00 bits per heavy atom. The van der Waals surface area contributed by atoms with Crippen LogP contribution in [0.2, 0.25) is 0 Å². The van der Waals surface area contributed by atoms with Gasteiger partial charge in [0.25, 0.3) is 23.6 Å². The topological polar surface area (TPSA) is 109 Å². The molecule has 0 aliphatic carbocycles. The van der Waals surface area contributed by atoms with E-state index >= 15 is 0 Å². The first-order valence-electron chi connectivity index (χ1n) is 9.19. The summed E-state index contributed by atoms with van der Waals surface area (Å²) in [5, 5.41) is 0. The number of benzene rings is 2. The highest BCUT2D eigenvalue weighted by atomic mass is 32.2. The van der Waals surface area contributed by atoms with E-state index in [1.807, 2.05) is 0 Å². The molecule has 4 amide bonds. The van der Waals surface area contributed by atoms with Crippen LogP contribution in [0.1, 0.15) is 41.4 Å². The molecule has 2 aliphatic heterocycles. The Balaban J connectivity index is 1.76. The molecule has 4 rings (SSSR count). The van der Waals surface area contributed by atoms with E-state index in [2.05, 4.69) is 13.2 Å². The maximum atomic E-state index is 13.2. The van der Waals surface area contributed by atoms with E-state index < -0.39 is 33.5 Å². The standard InChI is InChI=1S/C22H16N2O6S/c1-3-9-23-19(25)15-7-5-13(11-17(15)21(23)27)31(29,30)14-6-8-16-18(12-14)22(28)24(10-4-2)20(16)26/h3-8,11-12H,1-2,9-10H2. The summed E-state index contributed by atoms with van der Waals surface area (Å²) in [5.74, 6) is -2.25. The van der Waals surface area contributed by atoms with Crippen LogP contribution in [0.15, 0.2) is 71.5 Å². The lowest BCUT2D eigenvalue weighted by atomic mass is 10.1. The van der Waals surface area contributed by atoms with E-state index in [1.165, 1.54) is 36.4 Å². The molecular weight excluding hydrogens is 420 g/mol. The molecule has 2 aliphatic rings. The van der Waals surface area contributed by atoms with Gasteiger partial charge in [-0.05, 0) is 36.4 Å². The van der Waals surface area contributed by atoms with Crippen molar-refractivity contribution in [3.05, 3.63) is 84.0 Å². The number of imide groups is 2. The quantitative estimate of drug-likeness (QED) is 0.507. The van der Waals surface area contributed by atoms with E-state index in [0.717, 1.165) is 21.9 Å². The molecule has 0 saturated carbocycles. The number of hydrogen-bond acceptors (Lipinski definition) is 6. The predicted octanol–water partition coefficient (Wildman–Crippen LogP) is 2.08. The molecule has 0 atom stereocenters. The molecule has 31 heavy (non-hydrogen) atoms. The maximum Gasteiger partial charge on any atom is 0.261 e. The molecule has 0 aromatic heterocycles. The van der Waals surface area contributed by atoms with Crippen molar-refractivity contribution in [2.24, 2.45) is 0 Å². The van der Waals surface area contributed by atoms with Crippen molar-refractivity contribution >= 4 is 33.5 Å². The third-order valence-electron chi connectivity index (χ3n) is 5.13. The molecule has 0 unspecified atom stereocenters. The zero-order valence-corrected chi connectivity index (χ0v) is 17.0. The Bertz CT molecular complexity index is 1230. The van der Waals surface area contributed by atoms with Crippen molar-refractivity contribution in [1.82, 2.24) is 9.80 Å². The molecule has 156 valence electrons.